The van der Waals surface area contributed by atoms with Gasteiger partial charge in [-0.05, 0) is 68.3 Å². The third-order valence-corrected chi connectivity index (χ3v) is 7.19. The lowest BCUT2D eigenvalue weighted by Gasteiger charge is -2.36. The zero-order valence-corrected chi connectivity index (χ0v) is 21.0. The molecule has 0 bridgehead atoms. The van der Waals surface area contributed by atoms with E-state index >= 15 is 0 Å². The number of hydrogen-bond acceptors (Lipinski definition) is 4. The summed E-state index contributed by atoms with van der Waals surface area (Å²) in [4.78, 5) is 9.44. The minimum atomic E-state index is 0.430. The Kier molecular flexibility index (Phi) is 9.21. The molecule has 5 heteroatoms. The minimum absolute atomic E-state index is 0.430. The molecule has 33 heavy (non-hydrogen) atoms. The molecular formula is C28H37ClN4. The molecule has 0 N–H and O–H groups in total. The molecule has 4 nitrogen and oxygen atoms in total. The Labute approximate surface area is 204 Å². The highest BCUT2D eigenvalue weighted by Gasteiger charge is 2.23. The molecule has 1 aromatic heterocycles. The Bertz CT molecular complexity index is 1010. The van der Waals surface area contributed by atoms with E-state index in [2.05, 4.69) is 55.0 Å². The van der Waals surface area contributed by atoms with Crippen LogP contribution >= 0.6 is 11.6 Å². The standard InChI is InChI=1S/C16H15ClN2.C12H22N2/c1-10-2-4-12-15(8-10)19-14-5-3-11(6-7-18)9-13(14)16(12)17;1-4-6-7-12(3)14-10-8-13(5-2)9-11-14/h2,4,8,11H,3,5-6,9H2,1H3;5H,2-4,6-11H2,1H3. The maximum absolute atomic E-state index is 8.84. The SMILES string of the molecule is C=CN1CCN(C(=C)CCCC)CC1.Cc1ccc2c(Cl)c3c(nc2c1)CCC(CC#N)C3. The van der Waals surface area contributed by atoms with Gasteiger partial charge in [0.05, 0.1) is 16.6 Å². The average molecular weight is 465 g/mol. The number of hydrogen-bond donors (Lipinski definition) is 0. The van der Waals surface area contributed by atoms with Crippen LogP contribution in [0.4, 0.5) is 0 Å². The maximum atomic E-state index is 8.84. The van der Waals surface area contributed by atoms with Gasteiger partial charge < -0.3 is 9.80 Å². The summed E-state index contributed by atoms with van der Waals surface area (Å²) in [5.41, 5.74) is 5.79. The summed E-state index contributed by atoms with van der Waals surface area (Å²) in [6.07, 6.45) is 9.09. The zero-order chi connectivity index (χ0) is 23.8. The molecule has 1 atom stereocenters. The van der Waals surface area contributed by atoms with Crippen LogP contribution < -0.4 is 0 Å². The third-order valence-electron chi connectivity index (χ3n) is 6.76. The van der Waals surface area contributed by atoms with Gasteiger partial charge in [0.15, 0.2) is 0 Å². The van der Waals surface area contributed by atoms with Gasteiger partial charge in [0.25, 0.3) is 0 Å². The van der Waals surface area contributed by atoms with E-state index in [0.29, 0.717) is 12.3 Å². The summed E-state index contributed by atoms with van der Waals surface area (Å²) >= 11 is 6.55. The Morgan fingerprint density at radius 2 is 2.06 bits per heavy atom. The van der Waals surface area contributed by atoms with E-state index in [4.69, 9.17) is 21.8 Å². The van der Waals surface area contributed by atoms with Gasteiger partial charge in [-0.3, -0.25) is 4.98 Å². The number of fused-ring (bicyclic) bond motifs is 2. The number of aryl methyl sites for hydroxylation is 2. The van der Waals surface area contributed by atoms with Crippen molar-refractivity contribution in [3.05, 3.63) is 65.1 Å². The van der Waals surface area contributed by atoms with Gasteiger partial charge in [-0.15, -0.1) is 0 Å². The first-order chi connectivity index (χ1) is 16.0. The van der Waals surface area contributed by atoms with Gasteiger partial charge in [0, 0.05) is 49.4 Å². The Morgan fingerprint density at radius 1 is 1.30 bits per heavy atom. The number of halogens is 1. The molecule has 1 saturated heterocycles. The fourth-order valence-electron chi connectivity index (χ4n) is 4.63. The number of aromatic nitrogens is 1. The van der Waals surface area contributed by atoms with Crippen molar-refractivity contribution >= 4 is 22.5 Å². The van der Waals surface area contributed by atoms with Crippen molar-refractivity contribution in [2.24, 2.45) is 5.92 Å². The van der Waals surface area contributed by atoms with E-state index in [1.807, 2.05) is 12.3 Å². The van der Waals surface area contributed by atoms with E-state index in [0.717, 1.165) is 79.0 Å². The van der Waals surface area contributed by atoms with Crippen LogP contribution in [-0.2, 0) is 12.8 Å². The molecule has 1 aliphatic carbocycles. The van der Waals surface area contributed by atoms with E-state index in [-0.39, 0.29) is 0 Å². The number of nitrogens with zero attached hydrogens (tertiary/aromatic N) is 4. The van der Waals surface area contributed by atoms with Crippen LogP contribution in [-0.4, -0.2) is 41.0 Å². The summed E-state index contributed by atoms with van der Waals surface area (Å²) in [5, 5.41) is 10.7. The second-order valence-electron chi connectivity index (χ2n) is 9.22. The van der Waals surface area contributed by atoms with Crippen LogP contribution in [0.2, 0.25) is 5.02 Å². The monoisotopic (exact) mass is 464 g/mol. The Hall–Kier alpha value is -2.51. The van der Waals surface area contributed by atoms with Crippen molar-refractivity contribution < 1.29 is 0 Å². The predicted molar refractivity (Wildman–Crippen MR) is 139 cm³/mol. The van der Waals surface area contributed by atoms with Gasteiger partial charge in [-0.25, -0.2) is 0 Å². The van der Waals surface area contributed by atoms with E-state index < -0.39 is 0 Å². The van der Waals surface area contributed by atoms with Gasteiger partial charge in [-0.1, -0.05) is 50.2 Å². The molecule has 176 valence electrons. The molecule has 2 heterocycles. The minimum Gasteiger partial charge on any atom is -0.374 e. The van der Waals surface area contributed by atoms with Crippen LogP contribution in [0.5, 0.6) is 0 Å². The number of pyridine rings is 1. The van der Waals surface area contributed by atoms with E-state index in [9.17, 15) is 0 Å². The number of unbranched alkanes of at least 4 members (excludes halogenated alkanes) is 1. The second-order valence-corrected chi connectivity index (χ2v) is 9.60. The molecular weight excluding hydrogens is 428 g/mol. The number of allylic oxidation sites excluding steroid dienone is 1. The van der Waals surface area contributed by atoms with Crippen molar-refractivity contribution in [1.29, 1.82) is 5.26 Å². The fourth-order valence-corrected chi connectivity index (χ4v) is 4.98. The summed E-state index contributed by atoms with van der Waals surface area (Å²) in [5.74, 6) is 0.430. The molecule has 0 amide bonds. The number of nitriles is 1. The molecule has 1 unspecified atom stereocenters. The summed E-state index contributed by atoms with van der Waals surface area (Å²) in [7, 11) is 0. The summed E-state index contributed by atoms with van der Waals surface area (Å²) < 4.78 is 0. The van der Waals surface area contributed by atoms with E-state index in [1.165, 1.54) is 24.1 Å². The van der Waals surface area contributed by atoms with Crippen molar-refractivity contribution in [3.8, 4) is 6.07 Å². The quantitative estimate of drug-likeness (QED) is 0.479. The highest BCUT2D eigenvalue weighted by atomic mass is 35.5. The first-order valence-electron chi connectivity index (χ1n) is 12.2. The highest BCUT2D eigenvalue weighted by molar-refractivity contribution is 6.36. The average Bonchev–Trinajstić information content (AvgIpc) is 2.83. The van der Waals surface area contributed by atoms with Crippen LogP contribution in [0, 0.1) is 24.2 Å². The molecule has 2 aromatic rings. The largest absolute Gasteiger partial charge is 0.374 e. The third kappa shape index (κ3) is 6.51. The highest BCUT2D eigenvalue weighted by Crippen LogP contribution is 2.35. The van der Waals surface area contributed by atoms with Gasteiger partial charge in [0.1, 0.15) is 0 Å². The lowest BCUT2D eigenvalue weighted by molar-refractivity contribution is 0.200. The normalized spacial score (nSPS) is 17.6. The molecule has 1 aliphatic heterocycles. The number of rotatable bonds is 6. The number of benzene rings is 1. The van der Waals surface area contributed by atoms with Gasteiger partial charge >= 0.3 is 0 Å². The first kappa shape index (κ1) is 25.1. The lowest BCUT2D eigenvalue weighted by Crippen LogP contribution is -2.43. The molecule has 2 aliphatic rings. The Balaban J connectivity index is 0.000000196. The molecule has 0 spiro atoms. The van der Waals surface area contributed by atoms with Gasteiger partial charge in [0.2, 0.25) is 0 Å². The lowest BCUT2D eigenvalue weighted by atomic mass is 9.84. The van der Waals surface area contributed by atoms with Crippen molar-refractivity contribution in [1.82, 2.24) is 14.8 Å². The smallest absolute Gasteiger partial charge is 0.0723 e. The van der Waals surface area contributed by atoms with Crippen molar-refractivity contribution in [3.63, 3.8) is 0 Å². The topological polar surface area (TPSA) is 43.2 Å². The Morgan fingerprint density at radius 3 is 2.73 bits per heavy atom. The van der Waals surface area contributed by atoms with Crippen LogP contribution in [0.25, 0.3) is 10.9 Å². The van der Waals surface area contributed by atoms with E-state index in [1.54, 1.807) is 0 Å². The summed E-state index contributed by atoms with van der Waals surface area (Å²) in [6, 6.07) is 8.47. The van der Waals surface area contributed by atoms with Crippen molar-refractivity contribution in [2.75, 3.05) is 26.2 Å². The number of piperazine rings is 1. The van der Waals surface area contributed by atoms with Crippen LogP contribution in [0.1, 0.15) is 55.8 Å². The van der Waals surface area contributed by atoms with Crippen molar-refractivity contribution in [2.45, 2.75) is 58.8 Å². The molecule has 0 saturated carbocycles. The molecule has 1 fully saturated rings. The predicted octanol–water partition coefficient (Wildman–Crippen LogP) is 6.67. The molecule has 4 rings (SSSR count). The van der Waals surface area contributed by atoms with Crippen LogP contribution in [0.3, 0.4) is 0 Å². The second kappa shape index (κ2) is 12.1. The molecule has 1 aromatic carbocycles. The maximum Gasteiger partial charge on any atom is 0.0723 e. The summed E-state index contributed by atoms with van der Waals surface area (Å²) in [6.45, 7) is 16.6. The first-order valence-corrected chi connectivity index (χ1v) is 12.6. The molecule has 0 radical (unpaired) electrons. The zero-order valence-electron chi connectivity index (χ0n) is 20.2. The van der Waals surface area contributed by atoms with Gasteiger partial charge in [-0.2, -0.15) is 5.26 Å². The fraction of sp³-hybridized carbons (Fsp3) is 0.500. The van der Waals surface area contributed by atoms with Crippen LogP contribution in [0.15, 0.2) is 43.3 Å².